The van der Waals surface area contributed by atoms with Crippen LogP contribution in [0.4, 0.5) is 4.79 Å². The first-order chi connectivity index (χ1) is 8.51. The summed E-state index contributed by atoms with van der Waals surface area (Å²) in [5, 5.41) is 0. The van der Waals surface area contributed by atoms with Crippen molar-refractivity contribution in [3.05, 3.63) is 0 Å². The third-order valence-electron chi connectivity index (χ3n) is 1.80. The molecule has 0 atom stereocenters. The average Bonchev–Trinajstić information content (AvgIpc) is 2.18. The van der Waals surface area contributed by atoms with Gasteiger partial charge in [0, 0.05) is 13.6 Å². The maximum absolute atomic E-state index is 11.6. The van der Waals surface area contributed by atoms with Gasteiger partial charge in [-0.15, -0.1) is 0 Å². The smallest absolute Gasteiger partial charge is 0.410 e. The van der Waals surface area contributed by atoms with Crippen molar-refractivity contribution in [1.29, 1.82) is 0 Å². The lowest BCUT2D eigenvalue weighted by atomic mass is 10.2. The molecule has 0 aromatic carbocycles. The molecule has 0 bridgehead atoms. The number of hydrogen-bond donors (Lipinski definition) is 0. The lowest BCUT2D eigenvalue weighted by molar-refractivity contribution is 0.0218. The molecular formula is C11H23NO6S. The molecule has 0 unspecified atom stereocenters. The predicted molar refractivity (Wildman–Crippen MR) is 70.5 cm³/mol. The van der Waals surface area contributed by atoms with E-state index in [1.54, 1.807) is 27.8 Å². The second-order valence-electron chi connectivity index (χ2n) is 5.04. The van der Waals surface area contributed by atoms with Crippen LogP contribution in [-0.4, -0.2) is 64.7 Å². The zero-order chi connectivity index (χ0) is 15.1. The van der Waals surface area contributed by atoms with Crippen LogP contribution in [0.15, 0.2) is 0 Å². The van der Waals surface area contributed by atoms with Gasteiger partial charge in [-0.2, -0.15) is 8.42 Å². The molecule has 0 heterocycles. The van der Waals surface area contributed by atoms with Crippen LogP contribution in [-0.2, 0) is 23.8 Å². The highest BCUT2D eigenvalue weighted by molar-refractivity contribution is 7.85. The molecule has 0 rings (SSSR count). The summed E-state index contributed by atoms with van der Waals surface area (Å²) in [6.45, 7) is 6.12. The minimum absolute atomic E-state index is 0.0328. The van der Waals surface area contributed by atoms with E-state index in [4.69, 9.17) is 9.47 Å². The molecule has 8 heteroatoms. The van der Waals surface area contributed by atoms with Crippen molar-refractivity contribution in [1.82, 2.24) is 4.90 Å². The topological polar surface area (TPSA) is 82.1 Å². The van der Waals surface area contributed by atoms with Crippen molar-refractivity contribution in [3.63, 3.8) is 0 Å². The van der Waals surface area contributed by atoms with Gasteiger partial charge in [-0.1, -0.05) is 0 Å². The molecule has 0 spiro atoms. The van der Waals surface area contributed by atoms with Gasteiger partial charge in [0.15, 0.2) is 0 Å². The van der Waals surface area contributed by atoms with Crippen LogP contribution >= 0.6 is 0 Å². The largest absolute Gasteiger partial charge is 0.444 e. The maximum Gasteiger partial charge on any atom is 0.410 e. The predicted octanol–water partition coefficient (Wildman–Crippen LogP) is 0.846. The summed E-state index contributed by atoms with van der Waals surface area (Å²) in [5.41, 5.74) is -0.532. The lowest BCUT2D eigenvalue weighted by Gasteiger charge is -2.24. The molecule has 0 aromatic rings. The average molecular weight is 297 g/mol. The van der Waals surface area contributed by atoms with E-state index in [0.717, 1.165) is 6.26 Å². The Hall–Kier alpha value is -0.860. The molecule has 0 aromatic heterocycles. The van der Waals surface area contributed by atoms with E-state index in [2.05, 4.69) is 4.18 Å². The summed E-state index contributed by atoms with van der Waals surface area (Å²) in [4.78, 5) is 12.9. The Kier molecular flexibility index (Phi) is 7.32. The van der Waals surface area contributed by atoms with Crippen LogP contribution in [0.2, 0.25) is 0 Å². The van der Waals surface area contributed by atoms with E-state index >= 15 is 0 Å². The number of amides is 1. The quantitative estimate of drug-likeness (QED) is 0.512. The molecule has 1 amide bonds. The Morgan fingerprint density at radius 1 is 1.16 bits per heavy atom. The number of carbonyl (C=O) groups excluding carboxylic acids is 1. The first kappa shape index (κ1) is 18.1. The standard InChI is InChI=1S/C11H23NO6S/c1-11(2,3)18-10(13)12(4)6-7-16-8-9-17-19(5,14)15/h6-9H2,1-5H3. The minimum atomic E-state index is -3.43. The zero-order valence-corrected chi connectivity index (χ0v) is 12.9. The Labute approximate surface area is 114 Å². The Balaban J connectivity index is 3.69. The summed E-state index contributed by atoms with van der Waals surface area (Å²) in [6, 6.07) is 0. The number of ether oxygens (including phenoxy) is 2. The minimum Gasteiger partial charge on any atom is -0.444 e. The molecule has 0 saturated heterocycles. The van der Waals surface area contributed by atoms with Gasteiger partial charge >= 0.3 is 6.09 Å². The van der Waals surface area contributed by atoms with E-state index in [1.807, 2.05) is 0 Å². The van der Waals surface area contributed by atoms with Crippen LogP contribution < -0.4 is 0 Å². The van der Waals surface area contributed by atoms with Crippen molar-refractivity contribution >= 4 is 16.2 Å². The molecule has 0 aliphatic heterocycles. The second kappa shape index (κ2) is 7.66. The van der Waals surface area contributed by atoms with Gasteiger partial charge in [0.1, 0.15) is 5.60 Å². The van der Waals surface area contributed by atoms with Gasteiger partial charge in [-0.05, 0) is 20.8 Å². The van der Waals surface area contributed by atoms with Gasteiger partial charge < -0.3 is 14.4 Å². The first-order valence-electron chi connectivity index (χ1n) is 5.87. The van der Waals surface area contributed by atoms with Crippen molar-refractivity contribution < 1.29 is 26.9 Å². The molecule has 0 aliphatic carbocycles. The van der Waals surface area contributed by atoms with Gasteiger partial charge in [0.25, 0.3) is 10.1 Å². The number of hydrogen-bond acceptors (Lipinski definition) is 6. The van der Waals surface area contributed by atoms with Gasteiger partial charge in [0.2, 0.25) is 0 Å². The summed E-state index contributed by atoms with van der Waals surface area (Å²) in [5.74, 6) is 0. The fraction of sp³-hybridized carbons (Fsp3) is 0.909. The molecular weight excluding hydrogens is 274 g/mol. The van der Waals surface area contributed by atoms with Crippen molar-refractivity contribution in [2.75, 3.05) is 39.7 Å². The van der Waals surface area contributed by atoms with Crippen LogP contribution in [0.5, 0.6) is 0 Å². The zero-order valence-electron chi connectivity index (χ0n) is 12.1. The summed E-state index contributed by atoms with van der Waals surface area (Å²) in [7, 11) is -1.82. The Morgan fingerprint density at radius 3 is 2.21 bits per heavy atom. The summed E-state index contributed by atoms with van der Waals surface area (Å²) in [6.07, 6.45) is 0.548. The fourth-order valence-corrected chi connectivity index (χ4v) is 1.35. The van der Waals surface area contributed by atoms with E-state index in [0.29, 0.717) is 6.54 Å². The van der Waals surface area contributed by atoms with Gasteiger partial charge in [-0.3, -0.25) is 4.18 Å². The van der Waals surface area contributed by atoms with Crippen molar-refractivity contribution in [3.8, 4) is 0 Å². The summed E-state index contributed by atoms with van der Waals surface area (Å²) < 4.78 is 36.1. The third-order valence-corrected chi connectivity index (χ3v) is 2.40. The lowest BCUT2D eigenvalue weighted by Crippen LogP contribution is -2.36. The number of carbonyl (C=O) groups is 1. The Bertz CT molecular complexity index is 373. The van der Waals surface area contributed by atoms with E-state index in [-0.39, 0.29) is 19.8 Å². The second-order valence-corrected chi connectivity index (χ2v) is 6.68. The van der Waals surface area contributed by atoms with E-state index < -0.39 is 21.8 Å². The van der Waals surface area contributed by atoms with Gasteiger partial charge in [0.05, 0.1) is 26.1 Å². The molecule has 19 heavy (non-hydrogen) atoms. The van der Waals surface area contributed by atoms with E-state index in [9.17, 15) is 13.2 Å². The normalized spacial score (nSPS) is 12.3. The Morgan fingerprint density at radius 2 is 1.74 bits per heavy atom. The first-order valence-corrected chi connectivity index (χ1v) is 7.69. The number of nitrogens with zero attached hydrogens (tertiary/aromatic N) is 1. The highest BCUT2D eigenvalue weighted by atomic mass is 32.2. The SMILES string of the molecule is CN(CCOCCOS(C)(=O)=O)C(=O)OC(C)(C)C. The maximum atomic E-state index is 11.6. The van der Waals surface area contributed by atoms with Crippen LogP contribution in [0.1, 0.15) is 20.8 Å². The monoisotopic (exact) mass is 297 g/mol. The number of rotatable bonds is 7. The highest BCUT2D eigenvalue weighted by Crippen LogP contribution is 2.08. The molecule has 0 aliphatic rings. The third kappa shape index (κ3) is 11.9. The van der Waals surface area contributed by atoms with Crippen LogP contribution in [0.25, 0.3) is 0 Å². The van der Waals surface area contributed by atoms with Gasteiger partial charge in [-0.25, -0.2) is 4.79 Å². The highest BCUT2D eigenvalue weighted by Gasteiger charge is 2.19. The fourth-order valence-electron chi connectivity index (χ4n) is 0.979. The molecule has 0 radical (unpaired) electrons. The molecule has 114 valence electrons. The molecule has 7 nitrogen and oxygen atoms in total. The number of likely N-dealkylation sites (N-methyl/N-ethyl adjacent to an activating group) is 1. The van der Waals surface area contributed by atoms with E-state index in [1.165, 1.54) is 4.90 Å². The molecule has 0 saturated carbocycles. The van der Waals surface area contributed by atoms with Crippen molar-refractivity contribution in [2.24, 2.45) is 0 Å². The van der Waals surface area contributed by atoms with Crippen molar-refractivity contribution in [2.45, 2.75) is 26.4 Å². The van der Waals surface area contributed by atoms with Crippen LogP contribution in [0, 0.1) is 0 Å². The molecule has 0 N–H and O–H groups in total. The molecule has 0 fully saturated rings. The summed E-state index contributed by atoms with van der Waals surface area (Å²) >= 11 is 0. The van der Waals surface area contributed by atoms with Crippen LogP contribution in [0.3, 0.4) is 0 Å².